The number of nitrogens with two attached hydrogens (primary N) is 2. The number of halogens is 1. The van der Waals surface area contributed by atoms with Gasteiger partial charge in [0.25, 0.3) is 0 Å². The van der Waals surface area contributed by atoms with Gasteiger partial charge in [-0.25, -0.2) is 9.37 Å². The van der Waals surface area contributed by atoms with Crippen LogP contribution < -0.4 is 11.5 Å². The number of nitrogens with one attached hydrogen (secondary N) is 1. The summed E-state index contributed by atoms with van der Waals surface area (Å²) in [5.74, 6) is -0.699. The lowest BCUT2D eigenvalue weighted by Gasteiger charge is -1.90. The number of aromatic amines is 1. The monoisotopic (exact) mass is 196 g/mol. The van der Waals surface area contributed by atoms with Crippen molar-refractivity contribution in [1.82, 2.24) is 9.97 Å². The third-order valence-corrected chi connectivity index (χ3v) is 1.26. The number of imidazole rings is 1. The molecule has 74 valence electrons. The van der Waals surface area contributed by atoms with Gasteiger partial charge in [-0.3, -0.25) is 0 Å². The average Bonchev–Trinajstić information content (AvgIpc) is 2.69. The van der Waals surface area contributed by atoms with Crippen LogP contribution in [0, 0.1) is 0 Å². The Morgan fingerprint density at radius 1 is 1.64 bits per heavy atom. The molecule has 0 aliphatic carbocycles. The molecule has 0 aromatic carbocycles. The van der Waals surface area contributed by atoms with Gasteiger partial charge in [-0.15, -0.1) is 5.10 Å². The smallest absolute Gasteiger partial charge is 0.183 e. The minimum atomic E-state index is -0.818. The largest absolute Gasteiger partial charge is 0.402 e. The minimum absolute atomic E-state index is 0.379. The zero-order valence-electron chi connectivity index (χ0n) is 7.18. The summed E-state index contributed by atoms with van der Waals surface area (Å²) in [4.78, 5) is 6.58. The number of hydrogen-bond acceptors (Lipinski definition) is 4. The Bertz CT molecular complexity index is 364. The van der Waals surface area contributed by atoms with Crippen LogP contribution in [0.1, 0.15) is 5.82 Å². The van der Waals surface area contributed by atoms with E-state index in [1.54, 1.807) is 12.4 Å². The topological polar surface area (TPSA) is 105 Å². The van der Waals surface area contributed by atoms with Crippen LogP contribution in [0.5, 0.6) is 0 Å². The summed E-state index contributed by atoms with van der Waals surface area (Å²) < 4.78 is 12.6. The summed E-state index contributed by atoms with van der Waals surface area (Å²) in [6.45, 7) is 0. The number of aromatic nitrogens is 2. The van der Waals surface area contributed by atoms with Crippen molar-refractivity contribution in [3.05, 3.63) is 30.2 Å². The third kappa shape index (κ3) is 2.70. The molecule has 0 fully saturated rings. The van der Waals surface area contributed by atoms with Gasteiger partial charge in [0.05, 0.1) is 6.21 Å². The molecule has 0 aliphatic heterocycles. The first kappa shape index (κ1) is 9.90. The summed E-state index contributed by atoms with van der Waals surface area (Å²) >= 11 is 0. The Morgan fingerprint density at radius 2 is 2.43 bits per heavy atom. The number of rotatable bonds is 3. The Hall–Kier alpha value is -2.18. The van der Waals surface area contributed by atoms with Gasteiger partial charge in [0.2, 0.25) is 0 Å². The standard InChI is InChI=1S/C7H9FN6/c8-5(3-9)7(10)14-13-4-6-11-1-2-12-6/h1-4H,9H2,(H2,10,14)(H,11,12)/b5-3?,13-4+. The molecular weight excluding hydrogens is 187 g/mol. The van der Waals surface area contributed by atoms with Crippen molar-refractivity contribution in [2.24, 2.45) is 21.7 Å². The van der Waals surface area contributed by atoms with Crippen LogP contribution in [0.25, 0.3) is 0 Å². The van der Waals surface area contributed by atoms with Crippen molar-refractivity contribution in [2.45, 2.75) is 0 Å². The first-order valence-corrected chi connectivity index (χ1v) is 3.67. The first-order chi connectivity index (χ1) is 6.74. The van der Waals surface area contributed by atoms with E-state index in [0.29, 0.717) is 12.0 Å². The van der Waals surface area contributed by atoms with Crippen LogP contribution in [-0.4, -0.2) is 22.0 Å². The number of H-pyrrole nitrogens is 1. The van der Waals surface area contributed by atoms with Gasteiger partial charge in [-0.2, -0.15) is 5.10 Å². The SMILES string of the molecule is NC=C(F)C(N)=N/N=C/c1ncc[nH]1. The van der Waals surface area contributed by atoms with E-state index >= 15 is 0 Å². The molecule has 0 radical (unpaired) electrons. The van der Waals surface area contributed by atoms with E-state index < -0.39 is 5.83 Å². The maximum atomic E-state index is 12.6. The summed E-state index contributed by atoms with van der Waals surface area (Å²) in [7, 11) is 0. The van der Waals surface area contributed by atoms with Gasteiger partial charge in [-0.1, -0.05) is 0 Å². The van der Waals surface area contributed by atoms with Crippen LogP contribution in [0.15, 0.2) is 34.6 Å². The quantitative estimate of drug-likeness (QED) is 0.356. The van der Waals surface area contributed by atoms with E-state index in [0.717, 1.165) is 0 Å². The van der Waals surface area contributed by atoms with Crippen LogP contribution in [0.2, 0.25) is 0 Å². The van der Waals surface area contributed by atoms with E-state index in [2.05, 4.69) is 20.2 Å². The molecule has 0 saturated heterocycles. The minimum Gasteiger partial charge on any atom is -0.402 e. The molecule has 0 amide bonds. The van der Waals surface area contributed by atoms with Gasteiger partial charge in [-0.05, 0) is 0 Å². The lowest BCUT2D eigenvalue weighted by Crippen LogP contribution is -2.12. The highest BCUT2D eigenvalue weighted by molar-refractivity contribution is 5.94. The second-order valence-electron chi connectivity index (χ2n) is 2.22. The van der Waals surface area contributed by atoms with Crippen molar-refractivity contribution in [3.63, 3.8) is 0 Å². The molecule has 1 rings (SSSR count). The Balaban J connectivity index is 2.63. The molecule has 0 bridgehead atoms. The van der Waals surface area contributed by atoms with Crippen LogP contribution in [0.3, 0.4) is 0 Å². The van der Waals surface area contributed by atoms with E-state index in [1.165, 1.54) is 6.21 Å². The molecule has 14 heavy (non-hydrogen) atoms. The number of amidine groups is 1. The molecule has 6 nitrogen and oxygen atoms in total. The van der Waals surface area contributed by atoms with Crippen LogP contribution in [0.4, 0.5) is 4.39 Å². The van der Waals surface area contributed by atoms with Gasteiger partial charge in [0, 0.05) is 18.6 Å². The van der Waals surface area contributed by atoms with Crippen molar-refractivity contribution < 1.29 is 4.39 Å². The zero-order chi connectivity index (χ0) is 10.4. The lowest BCUT2D eigenvalue weighted by molar-refractivity contribution is 0.675. The van der Waals surface area contributed by atoms with Gasteiger partial charge < -0.3 is 16.5 Å². The summed E-state index contributed by atoms with van der Waals surface area (Å²) in [5.41, 5.74) is 10.0. The van der Waals surface area contributed by atoms with E-state index in [4.69, 9.17) is 11.5 Å². The van der Waals surface area contributed by atoms with Crippen molar-refractivity contribution in [3.8, 4) is 0 Å². The fourth-order valence-electron chi connectivity index (χ4n) is 0.627. The third-order valence-electron chi connectivity index (χ3n) is 1.26. The predicted octanol–water partition coefficient (Wildman–Crippen LogP) is -0.130. The fourth-order valence-corrected chi connectivity index (χ4v) is 0.627. The van der Waals surface area contributed by atoms with Gasteiger partial charge in [0.15, 0.2) is 11.7 Å². The van der Waals surface area contributed by atoms with Gasteiger partial charge in [0.1, 0.15) is 5.82 Å². The number of hydrogen-bond donors (Lipinski definition) is 3. The molecule has 0 atom stereocenters. The van der Waals surface area contributed by atoms with Crippen molar-refractivity contribution in [2.75, 3.05) is 0 Å². The Labute approximate surface area is 79.2 Å². The molecular formula is C7H9FN6. The van der Waals surface area contributed by atoms with E-state index in [1.807, 2.05) is 0 Å². The molecule has 0 unspecified atom stereocenters. The molecule has 5 N–H and O–H groups in total. The highest BCUT2D eigenvalue weighted by atomic mass is 19.1. The summed E-state index contributed by atoms with van der Waals surface area (Å²) in [6, 6.07) is 0. The van der Waals surface area contributed by atoms with Crippen molar-refractivity contribution in [1.29, 1.82) is 0 Å². The predicted molar refractivity (Wildman–Crippen MR) is 51.2 cm³/mol. The van der Waals surface area contributed by atoms with Crippen molar-refractivity contribution >= 4 is 12.1 Å². The average molecular weight is 196 g/mol. The van der Waals surface area contributed by atoms with Crippen LogP contribution >= 0.6 is 0 Å². The second kappa shape index (κ2) is 4.75. The highest BCUT2D eigenvalue weighted by Gasteiger charge is 1.97. The maximum absolute atomic E-state index is 12.6. The molecule has 0 aliphatic rings. The molecule has 1 aromatic rings. The van der Waals surface area contributed by atoms with E-state index in [-0.39, 0.29) is 5.84 Å². The summed E-state index contributed by atoms with van der Waals surface area (Å²) in [5, 5.41) is 6.84. The molecule has 0 spiro atoms. The number of nitrogens with zero attached hydrogens (tertiary/aromatic N) is 3. The Morgan fingerprint density at radius 3 is 3.00 bits per heavy atom. The Kier molecular flexibility index (Phi) is 3.36. The first-order valence-electron chi connectivity index (χ1n) is 3.67. The maximum Gasteiger partial charge on any atom is 0.183 e. The highest BCUT2D eigenvalue weighted by Crippen LogP contribution is 1.93. The second-order valence-corrected chi connectivity index (χ2v) is 2.22. The van der Waals surface area contributed by atoms with E-state index in [9.17, 15) is 4.39 Å². The lowest BCUT2D eigenvalue weighted by atomic mass is 10.5. The molecule has 7 heteroatoms. The normalized spacial score (nSPS) is 13.8. The summed E-state index contributed by atoms with van der Waals surface area (Å²) in [6.07, 6.45) is 5.18. The molecule has 1 heterocycles. The molecule has 0 saturated carbocycles. The molecule has 1 aromatic heterocycles. The zero-order valence-corrected chi connectivity index (χ0v) is 7.18. The van der Waals surface area contributed by atoms with Crippen LogP contribution in [-0.2, 0) is 0 Å². The fraction of sp³-hybridized carbons (Fsp3) is 0. The van der Waals surface area contributed by atoms with Gasteiger partial charge >= 0.3 is 0 Å².